The first-order chi connectivity index (χ1) is 8.59. The summed E-state index contributed by atoms with van der Waals surface area (Å²) in [6.07, 6.45) is 1.08. The molecule has 0 atom stereocenters. The van der Waals surface area contributed by atoms with Crippen LogP contribution in [0.25, 0.3) is 0 Å². The lowest BCUT2D eigenvalue weighted by molar-refractivity contribution is -0.0663. The van der Waals surface area contributed by atoms with Crippen molar-refractivity contribution in [3.05, 3.63) is 35.1 Å². The zero-order chi connectivity index (χ0) is 13.2. The van der Waals surface area contributed by atoms with Crippen LogP contribution in [-0.4, -0.2) is 31.7 Å². The molecular formula is C14H17FO3. The Kier molecular flexibility index (Phi) is 3.78. The van der Waals surface area contributed by atoms with E-state index in [0.29, 0.717) is 37.2 Å². The number of methoxy groups -OCH3 is 1. The molecule has 0 bridgehead atoms. The standard InChI is InChI=1S/C14H17FO3/c1-10-9-11(3-4-12(10)15)13(16)14(17-2)5-7-18-8-6-14/h3-4,9H,5-8H2,1-2H3. The van der Waals surface area contributed by atoms with Gasteiger partial charge in [0.05, 0.1) is 0 Å². The molecule has 0 radical (unpaired) electrons. The van der Waals surface area contributed by atoms with Crippen molar-refractivity contribution in [1.29, 1.82) is 0 Å². The van der Waals surface area contributed by atoms with Crippen LogP contribution in [0.4, 0.5) is 4.39 Å². The fourth-order valence-corrected chi connectivity index (χ4v) is 2.27. The average molecular weight is 252 g/mol. The van der Waals surface area contributed by atoms with E-state index in [4.69, 9.17) is 9.47 Å². The first-order valence-electron chi connectivity index (χ1n) is 6.03. The first kappa shape index (κ1) is 13.2. The summed E-state index contributed by atoms with van der Waals surface area (Å²) in [6.45, 7) is 2.68. The molecule has 1 aliphatic rings. The largest absolute Gasteiger partial charge is 0.381 e. The molecule has 0 aliphatic carbocycles. The van der Waals surface area contributed by atoms with E-state index in [9.17, 15) is 9.18 Å². The minimum atomic E-state index is -0.817. The van der Waals surface area contributed by atoms with Crippen molar-refractivity contribution in [1.82, 2.24) is 0 Å². The summed E-state index contributed by atoms with van der Waals surface area (Å²) in [5.41, 5.74) is 0.152. The number of benzene rings is 1. The highest BCUT2D eigenvalue weighted by Gasteiger charge is 2.40. The van der Waals surface area contributed by atoms with Crippen LogP contribution < -0.4 is 0 Å². The second-order valence-corrected chi connectivity index (χ2v) is 4.60. The van der Waals surface area contributed by atoms with Crippen molar-refractivity contribution in [2.75, 3.05) is 20.3 Å². The van der Waals surface area contributed by atoms with Crippen LogP contribution in [0.15, 0.2) is 18.2 Å². The van der Waals surface area contributed by atoms with Crippen LogP contribution in [0, 0.1) is 12.7 Å². The van der Waals surface area contributed by atoms with Gasteiger partial charge in [0.2, 0.25) is 0 Å². The quantitative estimate of drug-likeness (QED) is 0.775. The number of rotatable bonds is 3. The van der Waals surface area contributed by atoms with Crippen LogP contribution >= 0.6 is 0 Å². The van der Waals surface area contributed by atoms with Gasteiger partial charge in [-0.15, -0.1) is 0 Å². The summed E-state index contributed by atoms with van der Waals surface area (Å²) in [5.74, 6) is -0.388. The number of Topliss-reactive ketones (excluding diaryl/α,β-unsaturated/α-hetero) is 1. The Morgan fingerprint density at radius 3 is 2.61 bits per heavy atom. The monoisotopic (exact) mass is 252 g/mol. The van der Waals surface area contributed by atoms with Gasteiger partial charge in [-0.2, -0.15) is 0 Å². The molecule has 0 aromatic heterocycles. The van der Waals surface area contributed by atoms with Crippen molar-refractivity contribution in [3.8, 4) is 0 Å². The Bertz CT molecular complexity index is 450. The number of halogens is 1. The number of aryl methyl sites for hydroxylation is 1. The molecule has 3 nitrogen and oxygen atoms in total. The van der Waals surface area contributed by atoms with Gasteiger partial charge in [0.15, 0.2) is 5.78 Å². The smallest absolute Gasteiger partial charge is 0.194 e. The van der Waals surface area contributed by atoms with E-state index < -0.39 is 5.60 Å². The second-order valence-electron chi connectivity index (χ2n) is 4.60. The highest BCUT2D eigenvalue weighted by atomic mass is 19.1. The molecule has 1 saturated heterocycles. The van der Waals surface area contributed by atoms with Gasteiger partial charge in [0.1, 0.15) is 11.4 Å². The molecule has 1 aliphatic heterocycles. The maximum atomic E-state index is 13.2. The molecule has 0 saturated carbocycles. The van der Waals surface area contributed by atoms with Crippen LogP contribution in [-0.2, 0) is 9.47 Å². The van der Waals surface area contributed by atoms with Gasteiger partial charge in [-0.1, -0.05) is 0 Å². The molecule has 4 heteroatoms. The molecule has 0 amide bonds. The van der Waals surface area contributed by atoms with Crippen LogP contribution in [0.1, 0.15) is 28.8 Å². The summed E-state index contributed by atoms with van der Waals surface area (Å²) in [7, 11) is 1.54. The molecule has 0 N–H and O–H groups in total. The summed E-state index contributed by atoms with van der Waals surface area (Å²) < 4.78 is 23.9. The number of carbonyl (C=O) groups is 1. The lowest BCUT2D eigenvalue weighted by Crippen LogP contribution is -2.45. The van der Waals surface area contributed by atoms with Crippen molar-refractivity contribution in [2.45, 2.75) is 25.4 Å². The third-order valence-electron chi connectivity index (χ3n) is 3.53. The minimum Gasteiger partial charge on any atom is -0.381 e. The Morgan fingerprint density at radius 1 is 1.39 bits per heavy atom. The van der Waals surface area contributed by atoms with Crippen molar-refractivity contribution in [2.24, 2.45) is 0 Å². The number of hydrogen-bond donors (Lipinski definition) is 0. The SMILES string of the molecule is COC1(C(=O)c2ccc(F)c(C)c2)CCOCC1. The van der Waals surface area contributed by atoms with Gasteiger partial charge in [-0.25, -0.2) is 4.39 Å². The number of ketones is 1. The van der Waals surface area contributed by atoms with E-state index >= 15 is 0 Å². The highest BCUT2D eigenvalue weighted by Crippen LogP contribution is 2.29. The fourth-order valence-electron chi connectivity index (χ4n) is 2.27. The second kappa shape index (κ2) is 5.16. The van der Waals surface area contributed by atoms with Gasteiger partial charge in [-0.3, -0.25) is 4.79 Å². The average Bonchev–Trinajstić information content (AvgIpc) is 2.42. The molecular weight excluding hydrogens is 235 g/mol. The van der Waals surface area contributed by atoms with Crippen LogP contribution in [0.3, 0.4) is 0 Å². The lowest BCUT2D eigenvalue weighted by atomic mass is 9.85. The molecule has 0 spiro atoms. The van der Waals surface area contributed by atoms with Crippen molar-refractivity contribution in [3.63, 3.8) is 0 Å². The van der Waals surface area contributed by atoms with Gasteiger partial charge in [0, 0.05) is 38.7 Å². The molecule has 1 aromatic carbocycles. The maximum Gasteiger partial charge on any atom is 0.194 e. The topological polar surface area (TPSA) is 35.5 Å². The van der Waals surface area contributed by atoms with Crippen LogP contribution in [0.5, 0.6) is 0 Å². The Labute approximate surface area is 106 Å². The molecule has 0 unspecified atom stereocenters. The maximum absolute atomic E-state index is 13.2. The predicted molar refractivity (Wildman–Crippen MR) is 65.3 cm³/mol. The zero-order valence-corrected chi connectivity index (χ0v) is 10.7. The molecule has 1 aromatic rings. The van der Waals surface area contributed by atoms with Crippen molar-refractivity contribution < 1.29 is 18.7 Å². The lowest BCUT2D eigenvalue weighted by Gasteiger charge is -2.34. The minimum absolute atomic E-state index is 0.0867. The third-order valence-corrected chi connectivity index (χ3v) is 3.53. The molecule has 1 heterocycles. The highest BCUT2D eigenvalue weighted by molar-refractivity contribution is 6.02. The number of carbonyl (C=O) groups excluding carboxylic acids is 1. The summed E-state index contributed by atoms with van der Waals surface area (Å²) in [4.78, 5) is 12.5. The van der Waals surface area contributed by atoms with Gasteiger partial charge < -0.3 is 9.47 Å². The normalized spacial score (nSPS) is 18.6. The van der Waals surface area contributed by atoms with Crippen molar-refractivity contribution >= 4 is 5.78 Å². The first-order valence-corrected chi connectivity index (χ1v) is 6.03. The Balaban J connectivity index is 2.30. The number of hydrogen-bond acceptors (Lipinski definition) is 3. The van der Waals surface area contributed by atoms with E-state index in [1.165, 1.54) is 12.1 Å². The van der Waals surface area contributed by atoms with Gasteiger partial charge >= 0.3 is 0 Å². The zero-order valence-electron chi connectivity index (χ0n) is 10.7. The molecule has 18 heavy (non-hydrogen) atoms. The van der Waals surface area contributed by atoms with E-state index in [1.54, 1.807) is 20.1 Å². The Morgan fingerprint density at radius 2 is 2.06 bits per heavy atom. The molecule has 2 rings (SSSR count). The van der Waals surface area contributed by atoms with E-state index in [1.807, 2.05) is 0 Å². The van der Waals surface area contributed by atoms with E-state index in [-0.39, 0.29) is 11.6 Å². The fraction of sp³-hybridized carbons (Fsp3) is 0.500. The Hall–Kier alpha value is -1.26. The number of ether oxygens (including phenoxy) is 2. The third kappa shape index (κ3) is 2.31. The predicted octanol–water partition coefficient (Wildman–Crippen LogP) is 2.51. The summed E-state index contributed by atoms with van der Waals surface area (Å²) in [5, 5.41) is 0. The summed E-state index contributed by atoms with van der Waals surface area (Å²) >= 11 is 0. The van der Waals surface area contributed by atoms with E-state index in [2.05, 4.69) is 0 Å². The summed E-state index contributed by atoms with van der Waals surface area (Å²) in [6, 6.07) is 4.42. The molecule has 1 fully saturated rings. The van der Waals surface area contributed by atoms with Crippen LogP contribution in [0.2, 0.25) is 0 Å². The van der Waals surface area contributed by atoms with E-state index in [0.717, 1.165) is 0 Å². The molecule has 98 valence electrons. The van der Waals surface area contributed by atoms with Gasteiger partial charge in [0.25, 0.3) is 0 Å². The van der Waals surface area contributed by atoms with Gasteiger partial charge in [-0.05, 0) is 30.7 Å².